The second-order valence-electron chi connectivity index (χ2n) is 7.80. The highest BCUT2D eigenvalue weighted by Gasteiger charge is 2.32. The van der Waals surface area contributed by atoms with E-state index in [9.17, 15) is 22.8 Å². The van der Waals surface area contributed by atoms with Crippen LogP contribution in [0.3, 0.4) is 0 Å². The van der Waals surface area contributed by atoms with Gasteiger partial charge in [-0.2, -0.15) is 10.1 Å². The quantitative estimate of drug-likeness (QED) is 0.330. The van der Waals surface area contributed by atoms with Gasteiger partial charge in [-0.15, -0.1) is 13.2 Å². The van der Waals surface area contributed by atoms with Gasteiger partial charge in [-0.3, -0.25) is 4.79 Å². The first-order valence-corrected chi connectivity index (χ1v) is 10.5. The van der Waals surface area contributed by atoms with Crippen LogP contribution in [0.5, 0.6) is 11.8 Å². The van der Waals surface area contributed by atoms with Gasteiger partial charge in [-0.25, -0.2) is 9.89 Å². The summed E-state index contributed by atoms with van der Waals surface area (Å²) in [6.07, 6.45) is -5.74. The molecule has 5 rings (SSSR count). The third-order valence-corrected chi connectivity index (χ3v) is 5.38. The van der Waals surface area contributed by atoms with Gasteiger partial charge in [-0.1, -0.05) is 30.3 Å². The molecule has 0 unspecified atom stereocenters. The maximum atomic E-state index is 13.1. The topological polar surface area (TPSA) is 136 Å². The summed E-state index contributed by atoms with van der Waals surface area (Å²) in [6, 6.07) is 15.7. The van der Waals surface area contributed by atoms with Crippen LogP contribution in [0.2, 0.25) is 0 Å². The summed E-state index contributed by atoms with van der Waals surface area (Å²) in [7, 11) is 0. The van der Waals surface area contributed by atoms with Gasteiger partial charge in [0, 0.05) is 17.4 Å². The monoisotopic (exact) mass is 495 g/mol. The number of rotatable bonds is 5. The van der Waals surface area contributed by atoms with Gasteiger partial charge in [0.2, 0.25) is 0 Å². The number of benzene rings is 3. The number of imidazole rings is 1. The summed E-state index contributed by atoms with van der Waals surface area (Å²) in [6.45, 7) is 0. The van der Waals surface area contributed by atoms with Crippen LogP contribution in [-0.4, -0.2) is 32.6 Å². The molecule has 0 fully saturated rings. The fourth-order valence-corrected chi connectivity index (χ4v) is 3.92. The van der Waals surface area contributed by atoms with E-state index in [1.807, 2.05) is 0 Å². The molecule has 2 aromatic heterocycles. The van der Waals surface area contributed by atoms with E-state index in [-0.39, 0.29) is 23.6 Å². The normalized spacial score (nSPS) is 11.6. The summed E-state index contributed by atoms with van der Waals surface area (Å²) in [5.41, 5.74) is 7.21. The molecule has 2 heterocycles. The van der Waals surface area contributed by atoms with Crippen LogP contribution in [0.25, 0.3) is 32.9 Å². The predicted octanol–water partition coefficient (Wildman–Crippen LogP) is 4.41. The van der Waals surface area contributed by atoms with E-state index < -0.39 is 18.2 Å². The van der Waals surface area contributed by atoms with E-state index in [1.165, 1.54) is 12.1 Å². The number of alkyl halides is 3. The van der Waals surface area contributed by atoms with Crippen molar-refractivity contribution in [3.05, 3.63) is 82.3 Å². The van der Waals surface area contributed by atoms with Crippen molar-refractivity contribution in [1.82, 2.24) is 20.2 Å². The van der Waals surface area contributed by atoms with Crippen LogP contribution in [0.1, 0.15) is 11.3 Å². The van der Waals surface area contributed by atoms with Crippen molar-refractivity contribution in [2.75, 3.05) is 0 Å². The number of nitrogens with two attached hydrogens (primary N) is 1. The van der Waals surface area contributed by atoms with E-state index in [0.29, 0.717) is 38.6 Å². The van der Waals surface area contributed by atoms with Crippen LogP contribution >= 0.6 is 0 Å². The van der Waals surface area contributed by atoms with Gasteiger partial charge >= 0.3 is 18.5 Å². The summed E-state index contributed by atoms with van der Waals surface area (Å²) in [4.78, 5) is 29.9. The number of nitrogens with one attached hydrogen (secondary N) is 2. The largest absolute Gasteiger partial charge is 0.573 e. The predicted molar refractivity (Wildman–Crippen MR) is 124 cm³/mol. The minimum atomic E-state index is -4.91. The van der Waals surface area contributed by atoms with Gasteiger partial charge < -0.3 is 20.2 Å². The first kappa shape index (κ1) is 22.9. The van der Waals surface area contributed by atoms with Gasteiger partial charge in [0.1, 0.15) is 5.75 Å². The Morgan fingerprint density at radius 3 is 2.56 bits per heavy atom. The smallest absolute Gasteiger partial charge is 0.405 e. The number of aromatic amines is 2. The zero-order valence-corrected chi connectivity index (χ0v) is 18.2. The Kier molecular flexibility index (Phi) is 5.55. The Hall–Kier alpha value is -4.87. The Balaban J connectivity index is 1.58. The molecule has 182 valence electrons. The number of nitrogens with zero attached hydrogens (tertiary/aromatic N) is 2. The minimum absolute atomic E-state index is 0.147. The van der Waals surface area contributed by atoms with E-state index in [1.54, 1.807) is 48.5 Å². The van der Waals surface area contributed by atoms with Gasteiger partial charge in [0.25, 0.3) is 5.56 Å². The van der Waals surface area contributed by atoms with Crippen LogP contribution in [0, 0.1) is 0 Å². The molecule has 36 heavy (non-hydrogen) atoms. The third-order valence-electron chi connectivity index (χ3n) is 5.38. The molecule has 0 saturated heterocycles. The van der Waals surface area contributed by atoms with Gasteiger partial charge in [0.15, 0.2) is 0 Å². The third kappa shape index (κ3) is 4.69. The van der Waals surface area contributed by atoms with Crippen molar-refractivity contribution in [2.45, 2.75) is 12.8 Å². The van der Waals surface area contributed by atoms with Crippen LogP contribution in [0.15, 0.2) is 65.5 Å². The minimum Gasteiger partial charge on any atom is -0.405 e. The van der Waals surface area contributed by atoms with E-state index in [0.717, 1.165) is 0 Å². The zero-order chi connectivity index (χ0) is 25.4. The number of primary amides is 1. The number of carbonyl (C=O) groups is 1. The van der Waals surface area contributed by atoms with Crippen molar-refractivity contribution in [1.29, 1.82) is 0 Å². The molecule has 3 aromatic carbocycles. The fraction of sp³-hybridized carbons (Fsp3) is 0.0833. The van der Waals surface area contributed by atoms with Crippen molar-refractivity contribution in [3.63, 3.8) is 0 Å². The molecule has 1 amide bonds. The maximum absolute atomic E-state index is 13.1. The summed E-state index contributed by atoms with van der Waals surface area (Å²) >= 11 is 0. The molecule has 0 atom stereocenters. The number of halogens is 3. The molecule has 4 N–H and O–H groups in total. The molecular weight excluding hydrogens is 479 g/mol. The lowest BCUT2D eigenvalue weighted by atomic mass is 9.98. The summed E-state index contributed by atoms with van der Waals surface area (Å²) in [5.74, 6) is -0.405. The SMILES string of the molecule is NC(=O)Oc1nc2ccc(-c3cc(Cc4n[nH]c(=O)c5ccccc45)ccc3OC(F)(F)F)cc2[nH]1. The van der Waals surface area contributed by atoms with E-state index in [4.69, 9.17) is 10.5 Å². The molecule has 0 saturated carbocycles. The number of H-pyrrole nitrogens is 2. The zero-order valence-electron chi connectivity index (χ0n) is 18.2. The second kappa shape index (κ2) is 8.73. The molecule has 0 radical (unpaired) electrons. The first-order valence-electron chi connectivity index (χ1n) is 10.5. The number of hydrogen-bond acceptors (Lipinski definition) is 6. The molecule has 0 aliphatic rings. The van der Waals surface area contributed by atoms with Crippen LogP contribution in [-0.2, 0) is 6.42 Å². The number of fused-ring (bicyclic) bond motifs is 2. The van der Waals surface area contributed by atoms with Gasteiger partial charge in [-0.05, 0) is 41.5 Å². The Morgan fingerprint density at radius 2 is 1.81 bits per heavy atom. The lowest BCUT2D eigenvalue weighted by Gasteiger charge is -2.15. The number of amides is 1. The molecule has 0 aliphatic carbocycles. The van der Waals surface area contributed by atoms with Crippen molar-refractivity contribution in [3.8, 4) is 22.9 Å². The molecule has 0 aliphatic heterocycles. The first-order chi connectivity index (χ1) is 17.2. The Labute approximate surface area is 199 Å². The lowest BCUT2D eigenvalue weighted by molar-refractivity contribution is -0.274. The molecular formula is C24H16F3N5O4. The molecule has 5 aromatic rings. The highest BCUT2D eigenvalue weighted by atomic mass is 19.4. The second-order valence-corrected chi connectivity index (χ2v) is 7.80. The summed E-state index contributed by atoms with van der Waals surface area (Å²) in [5, 5.41) is 7.69. The fourth-order valence-electron chi connectivity index (χ4n) is 3.92. The maximum Gasteiger partial charge on any atom is 0.573 e. The van der Waals surface area contributed by atoms with Gasteiger partial charge in [0.05, 0.1) is 22.1 Å². The highest BCUT2D eigenvalue weighted by molar-refractivity contribution is 5.85. The average Bonchev–Trinajstić information content (AvgIpc) is 3.22. The average molecular weight is 495 g/mol. The van der Waals surface area contributed by atoms with E-state index >= 15 is 0 Å². The van der Waals surface area contributed by atoms with Crippen molar-refractivity contribution < 1.29 is 27.4 Å². The molecule has 12 heteroatoms. The standard InChI is InChI=1S/C24H16F3N5O4/c25-24(26,27)36-20-8-5-12(10-18-14-3-1-2-4-15(14)21(33)32-31-18)9-16(20)13-6-7-17-19(11-13)30-23(29-17)35-22(28)34/h1-9,11H,10H2,(H2,28,34)(H,29,30)(H,32,33). The number of aromatic nitrogens is 4. The highest BCUT2D eigenvalue weighted by Crippen LogP contribution is 2.36. The number of carbonyl (C=O) groups excluding carboxylic acids is 1. The van der Waals surface area contributed by atoms with Crippen molar-refractivity contribution >= 4 is 27.9 Å². The Morgan fingerprint density at radius 1 is 1.03 bits per heavy atom. The molecule has 0 bridgehead atoms. The van der Waals surface area contributed by atoms with E-state index in [2.05, 4.69) is 24.9 Å². The Bertz CT molecular complexity index is 1680. The van der Waals surface area contributed by atoms with Crippen molar-refractivity contribution in [2.24, 2.45) is 5.73 Å². The molecule has 9 nitrogen and oxygen atoms in total. The van der Waals surface area contributed by atoms with Crippen LogP contribution in [0.4, 0.5) is 18.0 Å². The number of hydrogen-bond donors (Lipinski definition) is 3. The van der Waals surface area contributed by atoms with Crippen LogP contribution < -0.4 is 20.8 Å². The molecule has 0 spiro atoms. The lowest BCUT2D eigenvalue weighted by Crippen LogP contribution is -2.17. The summed E-state index contributed by atoms with van der Waals surface area (Å²) < 4.78 is 48.4. The number of ether oxygens (including phenoxy) is 2.